The van der Waals surface area contributed by atoms with Crippen molar-refractivity contribution in [3.05, 3.63) is 77.3 Å². The van der Waals surface area contributed by atoms with Crippen molar-refractivity contribution >= 4 is 41.3 Å². The van der Waals surface area contributed by atoms with Gasteiger partial charge in [0.05, 0.1) is 12.3 Å². The first-order chi connectivity index (χ1) is 13.8. The molecule has 0 aliphatic heterocycles. The molecule has 0 aliphatic rings. The second-order valence-corrected chi connectivity index (χ2v) is 7.29. The fourth-order valence-electron chi connectivity index (χ4n) is 2.90. The number of halogens is 1. The molecule has 3 rings (SSSR count). The van der Waals surface area contributed by atoms with Gasteiger partial charge in [0.1, 0.15) is 5.01 Å². The Balaban J connectivity index is 0.00000300. The van der Waals surface area contributed by atoms with Crippen molar-refractivity contribution in [2.45, 2.75) is 12.3 Å². The lowest BCUT2D eigenvalue weighted by Crippen LogP contribution is -2.40. The maximum Gasteiger partial charge on any atom is 0.191 e. The molecule has 29 heavy (non-hydrogen) atoms. The zero-order valence-electron chi connectivity index (χ0n) is 16.4. The van der Waals surface area contributed by atoms with Gasteiger partial charge in [0.15, 0.2) is 5.96 Å². The van der Waals surface area contributed by atoms with E-state index in [0.29, 0.717) is 6.54 Å². The van der Waals surface area contributed by atoms with E-state index in [4.69, 9.17) is 4.98 Å². The lowest BCUT2D eigenvalue weighted by atomic mass is 10.0. The van der Waals surface area contributed by atoms with Gasteiger partial charge in [-0.15, -0.1) is 35.3 Å². The maximum atomic E-state index is 9.68. The minimum atomic E-state index is 0. The number of aromatic nitrogens is 1. The van der Waals surface area contributed by atoms with Gasteiger partial charge < -0.3 is 15.7 Å². The number of aliphatic imine (C=N–C) groups is 1. The molecule has 1 heterocycles. The number of guanidine groups is 1. The molecule has 1 unspecified atom stereocenters. The van der Waals surface area contributed by atoms with E-state index in [9.17, 15) is 5.11 Å². The molecule has 154 valence electrons. The second kappa shape index (κ2) is 12.6. The summed E-state index contributed by atoms with van der Waals surface area (Å²) < 4.78 is 0. The molecule has 3 N–H and O–H groups in total. The van der Waals surface area contributed by atoms with Gasteiger partial charge in [0.25, 0.3) is 0 Å². The van der Waals surface area contributed by atoms with Crippen molar-refractivity contribution in [2.75, 3.05) is 26.7 Å². The van der Waals surface area contributed by atoms with Gasteiger partial charge in [-0.2, -0.15) is 0 Å². The average Bonchev–Trinajstić information content (AvgIpc) is 3.23. The van der Waals surface area contributed by atoms with Crippen LogP contribution in [-0.2, 0) is 6.42 Å². The molecule has 2 aromatic carbocycles. The van der Waals surface area contributed by atoms with E-state index in [0.717, 1.165) is 40.8 Å². The van der Waals surface area contributed by atoms with E-state index in [1.807, 2.05) is 48.5 Å². The normalized spacial score (nSPS) is 12.1. The molecule has 1 atom stereocenters. The van der Waals surface area contributed by atoms with Crippen molar-refractivity contribution in [1.82, 2.24) is 15.6 Å². The number of hydrogen-bond donors (Lipinski definition) is 3. The third-order valence-electron chi connectivity index (χ3n) is 4.48. The zero-order valence-corrected chi connectivity index (χ0v) is 19.6. The SMILES string of the molecule is CN=C(NCCc1csc(-c2ccccc2)n1)NCC(CO)c1ccccc1.I. The molecule has 0 amide bonds. The van der Waals surface area contributed by atoms with Crippen LogP contribution in [0.3, 0.4) is 0 Å². The molecule has 0 bridgehead atoms. The molecule has 0 saturated carbocycles. The van der Waals surface area contributed by atoms with Gasteiger partial charge in [0.2, 0.25) is 0 Å². The highest BCUT2D eigenvalue weighted by Crippen LogP contribution is 2.23. The highest BCUT2D eigenvalue weighted by atomic mass is 127. The van der Waals surface area contributed by atoms with Gasteiger partial charge in [-0.25, -0.2) is 4.98 Å². The van der Waals surface area contributed by atoms with Crippen LogP contribution >= 0.6 is 35.3 Å². The minimum Gasteiger partial charge on any atom is -0.396 e. The van der Waals surface area contributed by atoms with Crippen molar-refractivity contribution in [3.8, 4) is 10.6 Å². The smallest absolute Gasteiger partial charge is 0.191 e. The Hall–Kier alpha value is -1.97. The van der Waals surface area contributed by atoms with Gasteiger partial charge in [-0.1, -0.05) is 60.7 Å². The molecule has 7 heteroatoms. The fraction of sp³-hybridized carbons (Fsp3) is 0.273. The van der Waals surface area contributed by atoms with Gasteiger partial charge >= 0.3 is 0 Å². The maximum absolute atomic E-state index is 9.68. The first-order valence-electron chi connectivity index (χ1n) is 9.40. The van der Waals surface area contributed by atoms with Crippen molar-refractivity contribution in [2.24, 2.45) is 4.99 Å². The molecule has 1 aromatic heterocycles. The van der Waals surface area contributed by atoms with Crippen LogP contribution in [-0.4, -0.2) is 42.8 Å². The third-order valence-corrected chi connectivity index (χ3v) is 5.42. The third kappa shape index (κ3) is 7.09. The van der Waals surface area contributed by atoms with E-state index in [1.54, 1.807) is 18.4 Å². The van der Waals surface area contributed by atoms with E-state index >= 15 is 0 Å². The van der Waals surface area contributed by atoms with Crippen LogP contribution in [0, 0.1) is 0 Å². The highest BCUT2D eigenvalue weighted by molar-refractivity contribution is 14.0. The lowest BCUT2D eigenvalue weighted by Gasteiger charge is -2.18. The van der Waals surface area contributed by atoms with E-state index < -0.39 is 0 Å². The molecule has 0 radical (unpaired) electrons. The number of benzene rings is 2. The molecule has 0 fully saturated rings. The van der Waals surface area contributed by atoms with E-state index in [-0.39, 0.29) is 36.5 Å². The van der Waals surface area contributed by atoms with Crippen LogP contribution in [0.1, 0.15) is 17.2 Å². The standard InChI is InChI=1S/C22H26N4OS.HI/c1-23-22(25-14-19(15-27)17-8-4-2-5-9-17)24-13-12-20-16-28-21(26-20)18-10-6-3-7-11-18;/h2-11,16,19,27H,12-15H2,1H3,(H2,23,24,25);1H. The fourth-order valence-corrected chi connectivity index (χ4v) is 3.76. The van der Waals surface area contributed by atoms with Gasteiger partial charge in [0, 0.05) is 43.4 Å². The van der Waals surface area contributed by atoms with Gasteiger partial charge in [-0.05, 0) is 5.56 Å². The largest absolute Gasteiger partial charge is 0.396 e. The molecule has 0 aliphatic carbocycles. The quantitative estimate of drug-likeness (QED) is 0.239. The first-order valence-corrected chi connectivity index (χ1v) is 10.3. The van der Waals surface area contributed by atoms with E-state index in [2.05, 4.69) is 33.1 Å². The summed E-state index contributed by atoms with van der Waals surface area (Å²) in [5.41, 5.74) is 3.34. The van der Waals surface area contributed by atoms with Gasteiger partial charge in [-0.3, -0.25) is 4.99 Å². The number of rotatable bonds is 8. The number of thiazole rings is 1. The van der Waals surface area contributed by atoms with Crippen molar-refractivity contribution in [3.63, 3.8) is 0 Å². The summed E-state index contributed by atoms with van der Waals surface area (Å²) in [6, 6.07) is 20.3. The van der Waals surface area contributed by atoms with Crippen molar-refractivity contribution < 1.29 is 5.11 Å². The summed E-state index contributed by atoms with van der Waals surface area (Å²) >= 11 is 1.67. The molecular weight excluding hydrogens is 495 g/mol. The van der Waals surface area contributed by atoms with Crippen LogP contribution in [0.4, 0.5) is 0 Å². The lowest BCUT2D eigenvalue weighted by molar-refractivity contribution is 0.265. The number of aliphatic hydroxyl groups is 1. The summed E-state index contributed by atoms with van der Waals surface area (Å²) in [4.78, 5) is 8.98. The van der Waals surface area contributed by atoms with Crippen molar-refractivity contribution in [1.29, 1.82) is 0 Å². The Morgan fingerprint density at radius 1 is 1.07 bits per heavy atom. The Morgan fingerprint density at radius 2 is 1.76 bits per heavy atom. The first kappa shape index (κ1) is 23.3. The Bertz CT molecular complexity index is 871. The van der Waals surface area contributed by atoms with Crippen LogP contribution in [0.5, 0.6) is 0 Å². The van der Waals surface area contributed by atoms with Crippen LogP contribution in [0.25, 0.3) is 10.6 Å². The molecular formula is C22H27IN4OS. The summed E-state index contributed by atoms with van der Waals surface area (Å²) in [5.74, 6) is 0.764. The van der Waals surface area contributed by atoms with E-state index in [1.165, 1.54) is 0 Å². The topological polar surface area (TPSA) is 69.5 Å². The number of nitrogens with one attached hydrogen (secondary N) is 2. The second-order valence-electron chi connectivity index (χ2n) is 6.43. The predicted octanol–water partition coefficient (Wildman–Crippen LogP) is 3.91. The van der Waals surface area contributed by atoms with Crippen LogP contribution < -0.4 is 10.6 Å². The predicted molar refractivity (Wildman–Crippen MR) is 132 cm³/mol. The minimum absolute atomic E-state index is 0. The Labute approximate surface area is 193 Å². The highest BCUT2D eigenvalue weighted by Gasteiger charge is 2.11. The zero-order chi connectivity index (χ0) is 19.6. The monoisotopic (exact) mass is 522 g/mol. The summed E-state index contributed by atoms with van der Waals surface area (Å²) in [6.07, 6.45) is 0.826. The Morgan fingerprint density at radius 3 is 2.41 bits per heavy atom. The summed E-state index contributed by atoms with van der Waals surface area (Å²) in [7, 11) is 1.75. The summed E-state index contributed by atoms with van der Waals surface area (Å²) in [5, 5.41) is 19.5. The Kier molecular flexibility index (Phi) is 10.1. The molecule has 3 aromatic rings. The number of nitrogens with zero attached hydrogens (tertiary/aromatic N) is 2. The summed E-state index contributed by atoms with van der Waals surface area (Å²) in [6.45, 7) is 1.46. The van der Waals surface area contributed by atoms with Crippen LogP contribution in [0.15, 0.2) is 71.0 Å². The molecule has 0 spiro atoms. The van der Waals surface area contributed by atoms with Crippen LogP contribution in [0.2, 0.25) is 0 Å². The number of aliphatic hydroxyl groups excluding tert-OH is 1. The molecule has 5 nitrogen and oxygen atoms in total. The number of hydrogen-bond acceptors (Lipinski definition) is 4. The average molecular weight is 522 g/mol. The molecule has 0 saturated heterocycles.